The summed E-state index contributed by atoms with van der Waals surface area (Å²) >= 11 is 0. The number of rotatable bonds is 2. The highest BCUT2D eigenvalue weighted by Gasteiger charge is 2.45. The molecular weight excluding hydrogens is 368 g/mol. The molecular formula is C22H24N4O3. The fraction of sp³-hybridized carbons (Fsp3) is 0.364. The van der Waals surface area contributed by atoms with Crippen molar-refractivity contribution < 1.29 is 14.4 Å². The van der Waals surface area contributed by atoms with Crippen molar-refractivity contribution in [1.82, 2.24) is 4.90 Å². The van der Waals surface area contributed by atoms with Crippen LogP contribution in [0.4, 0.5) is 11.4 Å². The van der Waals surface area contributed by atoms with Crippen molar-refractivity contribution in [3.63, 3.8) is 0 Å². The average Bonchev–Trinajstić information content (AvgIpc) is 2.96. The Kier molecular flexibility index (Phi) is 4.41. The Labute approximate surface area is 169 Å². The number of aliphatic imine (C=N–C) groups is 1. The molecule has 29 heavy (non-hydrogen) atoms. The molecule has 0 fully saturated rings. The van der Waals surface area contributed by atoms with Crippen LogP contribution in [0.2, 0.25) is 0 Å². The monoisotopic (exact) mass is 392 g/mol. The van der Waals surface area contributed by atoms with Gasteiger partial charge >= 0.3 is 0 Å². The Hall–Kier alpha value is -3.22. The Morgan fingerprint density at radius 3 is 2.79 bits per heavy atom. The molecule has 0 radical (unpaired) electrons. The third-order valence-corrected chi connectivity index (χ3v) is 5.74. The minimum atomic E-state index is -1.07. The summed E-state index contributed by atoms with van der Waals surface area (Å²) < 4.78 is 0. The van der Waals surface area contributed by atoms with Crippen molar-refractivity contribution in [2.45, 2.75) is 52.1 Å². The predicted octanol–water partition coefficient (Wildman–Crippen LogP) is 2.79. The van der Waals surface area contributed by atoms with E-state index < -0.39 is 5.54 Å². The lowest BCUT2D eigenvalue weighted by Gasteiger charge is -2.42. The van der Waals surface area contributed by atoms with Crippen LogP contribution in [-0.4, -0.2) is 40.0 Å². The third kappa shape index (κ3) is 3.16. The maximum atomic E-state index is 13.2. The first kappa shape index (κ1) is 19.1. The Bertz CT molecular complexity index is 1020. The van der Waals surface area contributed by atoms with Crippen LogP contribution in [0.5, 0.6) is 0 Å². The summed E-state index contributed by atoms with van der Waals surface area (Å²) in [4.78, 5) is 45.0. The maximum Gasteiger partial charge on any atom is 0.250 e. The molecule has 150 valence electrons. The zero-order valence-corrected chi connectivity index (χ0v) is 17.0. The number of fused-ring (bicyclic) bond motifs is 2. The topological polar surface area (TPSA) is 82.1 Å². The van der Waals surface area contributed by atoms with E-state index in [1.54, 1.807) is 42.0 Å². The van der Waals surface area contributed by atoms with Gasteiger partial charge in [-0.25, -0.2) is 0 Å². The van der Waals surface area contributed by atoms with E-state index in [4.69, 9.17) is 0 Å². The number of nitrogens with one attached hydrogen (secondary N) is 1. The molecule has 2 atom stereocenters. The van der Waals surface area contributed by atoms with Crippen molar-refractivity contribution in [3.8, 4) is 0 Å². The number of amides is 3. The van der Waals surface area contributed by atoms with Crippen LogP contribution in [0.25, 0.3) is 0 Å². The summed E-state index contributed by atoms with van der Waals surface area (Å²) in [6.45, 7) is 7.24. The molecule has 7 nitrogen and oxygen atoms in total. The predicted molar refractivity (Wildman–Crippen MR) is 112 cm³/mol. The highest BCUT2D eigenvalue weighted by Crippen LogP contribution is 2.35. The van der Waals surface area contributed by atoms with Crippen LogP contribution in [0.15, 0.2) is 47.1 Å². The summed E-state index contributed by atoms with van der Waals surface area (Å²) in [7, 11) is 0. The van der Waals surface area contributed by atoms with Gasteiger partial charge in [0.15, 0.2) is 0 Å². The zero-order chi connectivity index (χ0) is 20.9. The number of carbonyl (C=O) groups is 3. The number of anilines is 2. The first-order valence-electron chi connectivity index (χ1n) is 9.70. The Morgan fingerprint density at radius 2 is 2.07 bits per heavy atom. The van der Waals surface area contributed by atoms with E-state index in [1.807, 2.05) is 32.1 Å². The fourth-order valence-corrected chi connectivity index (χ4v) is 4.28. The smallest absolute Gasteiger partial charge is 0.250 e. The molecule has 1 aromatic carbocycles. The molecule has 3 heterocycles. The van der Waals surface area contributed by atoms with Crippen LogP contribution in [-0.2, 0) is 20.8 Å². The third-order valence-electron chi connectivity index (χ3n) is 5.74. The summed E-state index contributed by atoms with van der Waals surface area (Å²) in [6, 6.07) is 5.66. The van der Waals surface area contributed by atoms with Gasteiger partial charge in [-0.3, -0.25) is 14.4 Å². The van der Waals surface area contributed by atoms with Gasteiger partial charge in [0, 0.05) is 30.5 Å². The van der Waals surface area contributed by atoms with Gasteiger partial charge in [0.1, 0.15) is 11.4 Å². The molecule has 4 rings (SSSR count). The van der Waals surface area contributed by atoms with E-state index >= 15 is 0 Å². The van der Waals surface area contributed by atoms with Crippen molar-refractivity contribution >= 4 is 34.9 Å². The first-order chi connectivity index (χ1) is 13.7. The lowest BCUT2D eigenvalue weighted by atomic mass is 9.90. The van der Waals surface area contributed by atoms with E-state index in [9.17, 15) is 14.4 Å². The SMILES string of the molecule is CC(=O)N1c2ccc(NC(=O)C3(C)CC(=O)N=C4C=C(C)C=CN43)cc2CC1C. The molecule has 0 saturated heterocycles. The molecule has 3 aliphatic rings. The summed E-state index contributed by atoms with van der Waals surface area (Å²) in [5, 5.41) is 2.96. The Morgan fingerprint density at radius 1 is 1.31 bits per heavy atom. The number of amidine groups is 1. The first-order valence-corrected chi connectivity index (χ1v) is 9.70. The lowest BCUT2D eigenvalue weighted by molar-refractivity contribution is -0.130. The number of benzene rings is 1. The van der Waals surface area contributed by atoms with E-state index in [1.165, 1.54) is 0 Å². The van der Waals surface area contributed by atoms with Gasteiger partial charge in [-0.2, -0.15) is 4.99 Å². The van der Waals surface area contributed by atoms with Gasteiger partial charge in [0.25, 0.3) is 11.8 Å². The highest BCUT2D eigenvalue weighted by molar-refractivity contribution is 6.12. The van der Waals surface area contributed by atoms with Gasteiger partial charge in [0.2, 0.25) is 5.91 Å². The molecule has 0 spiro atoms. The van der Waals surface area contributed by atoms with Crippen molar-refractivity contribution in [2.75, 3.05) is 10.2 Å². The number of allylic oxidation sites excluding steroid dienone is 2. The van der Waals surface area contributed by atoms with Crippen LogP contribution in [0.1, 0.15) is 39.7 Å². The molecule has 1 N–H and O–H groups in total. The van der Waals surface area contributed by atoms with Crippen molar-refractivity contribution in [3.05, 3.63) is 47.7 Å². The lowest BCUT2D eigenvalue weighted by Crippen LogP contribution is -2.58. The molecule has 1 aromatic rings. The minimum absolute atomic E-state index is 0.000347. The number of hydrogen-bond acceptors (Lipinski definition) is 4. The second-order valence-corrected chi connectivity index (χ2v) is 8.13. The average molecular weight is 392 g/mol. The van der Waals surface area contributed by atoms with Gasteiger partial charge < -0.3 is 15.1 Å². The maximum absolute atomic E-state index is 13.2. The molecule has 0 saturated carbocycles. The zero-order valence-electron chi connectivity index (χ0n) is 17.0. The molecule has 7 heteroatoms. The van der Waals surface area contributed by atoms with Crippen LogP contribution in [0, 0.1) is 0 Å². The standard InChI is InChI=1S/C22H24N4O3/c1-13-7-8-25-19(9-13)24-20(28)12-22(25,4)21(29)23-17-5-6-18-16(11-17)10-14(2)26(18)15(3)27/h5-9,11,14H,10,12H2,1-4H3,(H,23,29). The molecule has 0 aliphatic carbocycles. The van der Waals surface area contributed by atoms with E-state index in [2.05, 4.69) is 10.3 Å². The number of nitrogens with zero attached hydrogens (tertiary/aromatic N) is 3. The molecule has 3 aliphatic heterocycles. The van der Waals surface area contributed by atoms with E-state index in [0.29, 0.717) is 11.5 Å². The van der Waals surface area contributed by atoms with E-state index in [0.717, 1.165) is 23.2 Å². The van der Waals surface area contributed by atoms with Crippen LogP contribution >= 0.6 is 0 Å². The largest absolute Gasteiger partial charge is 0.324 e. The van der Waals surface area contributed by atoms with Gasteiger partial charge in [-0.05, 0) is 68.7 Å². The van der Waals surface area contributed by atoms with Crippen molar-refractivity contribution in [1.29, 1.82) is 0 Å². The Balaban J connectivity index is 1.60. The number of hydrogen-bond donors (Lipinski definition) is 1. The summed E-state index contributed by atoms with van der Waals surface area (Å²) in [5.74, 6) is -0.0921. The normalized spacial score (nSPS) is 25.2. The van der Waals surface area contributed by atoms with Crippen LogP contribution < -0.4 is 10.2 Å². The van der Waals surface area contributed by atoms with Gasteiger partial charge in [-0.1, -0.05) is 0 Å². The quantitative estimate of drug-likeness (QED) is 0.839. The molecule has 0 aromatic heterocycles. The molecule has 2 unspecified atom stereocenters. The second kappa shape index (κ2) is 6.69. The van der Waals surface area contributed by atoms with Crippen LogP contribution in [0.3, 0.4) is 0 Å². The van der Waals surface area contributed by atoms with E-state index in [-0.39, 0.29) is 30.2 Å². The van der Waals surface area contributed by atoms with Gasteiger partial charge in [0.05, 0.1) is 6.42 Å². The molecule has 3 amide bonds. The van der Waals surface area contributed by atoms with Crippen molar-refractivity contribution in [2.24, 2.45) is 4.99 Å². The fourth-order valence-electron chi connectivity index (χ4n) is 4.28. The van der Waals surface area contributed by atoms with Gasteiger partial charge in [-0.15, -0.1) is 0 Å². The minimum Gasteiger partial charge on any atom is -0.324 e. The summed E-state index contributed by atoms with van der Waals surface area (Å²) in [5.41, 5.74) is 2.46. The second-order valence-electron chi connectivity index (χ2n) is 8.13. The highest BCUT2D eigenvalue weighted by atomic mass is 16.2. The summed E-state index contributed by atoms with van der Waals surface area (Å²) in [6.07, 6.45) is 6.24. The number of carbonyl (C=O) groups excluding carboxylic acids is 3. The molecule has 0 bridgehead atoms.